The van der Waals surface area contributed by atoms with Crippen molar-refractivity contribution in [1.29, 1.82) is 0 Å². The molecule has 0 aliphatic rings. The molecule has 3 N–H and O–H groups in total. The van der Waals surface area contributed by atoms with Gasteiger partial charge in [0.25, 0.3) is 0 Å². The summed E-state index contributed by atoms with van der Waals surface area (Å²) < 4.78 is 35.9. The van der Waals surface area contributed by atoms with Crippen molar-refractivity contribution in [2.24, 2.45) is 5.73 Å². The largest absolute Gasteiger partial charge is 0.401 e. The molecule has 0 heterocycles. The minimum Gasteiger partial charge on any atom is -0.354 e. The van der Waals surface area contributed by atoms with Gasteiger partial charge in [0.15, 0.2) is 0 Å². The first-order valence-corrected chi connectivity index (χ1v) is 5.35. The van der Waals surface area contributed by atoms with Gasteiger partial charge >= 0.3 is 6.18 Å². The van der Waals surface area contributed by atoms with Crippen LogP contribution in [0.3, 0.4) is 0 Å². The second-order valence-corrected chi connectivity index (χ2v) is 4.68. The molecule has 0 atom stereocenters. The topological polar surface area (TPSA) is 58.4 Å². The van der Waals surface area contributed by atoms with E-state index in [0.717, 1.165) is 0 Å². The lowest BCUT2D eigenvalue weighted by Crippen LogP contribution is -2.49. The van der Waals surface area contributed by atoms with Crippen molar-refractivity contribution in [1.82, 2.24) is 10.2 Å². The molecule has 0 radical (unpaired) electrons. The van der Waals surface area contributed by atoms with Crippen molar-refractivity contribution in [3.8, 4) is 0 Å². The van der Waals surface area contributed by atoms with Gasteiger partial charge in [0.05, 0.1) is 12.1 Å². The molecule has 0 aliphatic heterocycles. The Bertz CT molecular complexity index is 248. The normalized spacial score (nSPS) is 12.9. The molecule has 0 rings (SSSR count). The monoisotopic (exact) mass is 255 g/mol. The summed E-state index contributed by atoms with van der Waals surface area (Å²) in [6.07, 6.45) is -3.73. The lowest BCUT2D eigenvalue weighted by molar-refractivity contribution is -0.143. The van der Waals surface area contributed by atoms with Crippen molar-refractivity contribution in [3.05, 3.63) is 0 Å². The van der Waals surface area contributed by atoms with Gasteiger partial charge in [-0.05, 0) is 33.9 Å². The van der Waals surface area contributed by atoms with E-state index >= 15 is 0 Å². The van der Waals surface area contributed by atoms with E-state index in [1.165, 1.54) is 11.9 Å². The molecule has 4 nitrogen and oxygen atoms in total. The van der Waals surface area contributed by atoms with Gasteiger partial charge in [0.1, 0.15) is 0 Å². The van der Waals surface area contributed by atoms with Crippen LogP contribution in [0.5, 0.6) is 0 Å². The first kappa shape index (κ1) is 16.2. The summed E-state index contributed by atoms with van der Waals surface area (Å²) in [6.45, 7) is 2.78. The van der Waals surface area contributed by atoms with Gasteiger partial charge in [-0.3, -0.25) is 9.69 Å². The van der Waals surface area contributed by atoms with Crippen LogP contribution < -0.4 is 11.1 Å². The summed E-state index contributed by atoms with van der Waals surface area (Å²) >= 11 is 0. The number of alkyl halides is 3. The third-order valence-electron chi connectivity index (χ3n) is 2.04. The quantitative estimate of drug-likeness (QED) is 0.688. The number of halogens is 3. The molecule has 0 saturated heterocycles. The molecule has 0 saturated carbocycles. The summed E-state index contributed by atoms with van der Waals surface area (Å²) in [5, 5.41) is 2.57. The Balaban J connectivity index is 3.69. The zero-order chi connectivity index (χ0) is 13.7. The van der Waals surface area contributed by atoms with E-state index < -0.39 is 18.3 Å². The van der Waals surface area contributed by atoms with Crippen LogP contribution in [-0.4, -0.2) is 49.2 Å². The fourth-order valence-corrected chi connectivity index (χ4v) is 1.16. The van der Waals surface area contributed by atoms with Gasteiger partial charge in [-0.1, -0.05) is 0 Å². The highest BCUT2D eigenvalue weighted by molar-refractivity contribution is 5.84. The predicted octanol–water partition coefficient (Wildman–Crippen LogP) is 0.724. The molecule has 0 unspecified atom stereocenters. The average molecular weight is 255 g/mol. The van der Waals surface area contributed by atoms with E-state index in [-0.39, 0.29) is 12.5 Å². The van der Waals surface area contributed by atoms with Gasteiger partial charge in [-0.25, -0.2) is 0 Å². The molecule has 0 spiro atoms. The molecular weight excluding hydrogens is 235 g/mol. The summed E-state index contributed by atoms with van der Waals surface area (Å²) in [7, 11) is 1.39. The van der Waals surface area contributed by atoms with Crippen LogP contribution >= 0.6 is 0 Å². The number of hydrogen-bond acceptors (Lipinski definition) is 3. The summed E-state index contributed by atoms with van der Waals surface area (Å²) in [4.78, 5) is 12.5. The fraction of sp³-hybridized carbons (Fsp3) is 0.900. The first-order chi connectivity index (χ1) is 7.52. The number of hydrogen-bond donors (Lipinski definition) is 2. The summed E-state index contributed by atoms with van der Waals surface area (Å²) in [6, 6.07) is 0. The second-order valence-electron chi connectivity index (χ2n) is 4.68. The van der Waals surface area contributed by atoms with Gasteiger partial charge in [0.2, 0.25) is 5.91 Å². The van der Waals surface area contributed by atoms with Crippen LogP contribution in [0.2, 0.25) is 0 Å². The number of carbonyl (C=O) groups excluding carboxylic acids is 1. The number of nitrogens with two attached hydrogens (primary N) is 1. The van der Waals surface area contributed by atoms with Crippen molar-refractivity contribution in [2.75, 3.05) is 26.7 Å². The Kier molecular flexibility index (Phi) is 5.91. The fourth-order valence-electron chi connectivity index (χ4n) is 1.16. The van der Waals surface area contributed by atoms with E-state index in [1.807, 2.05) is 0 Å². The number of carbonyl (C=O) groups is 1. The maximum absolute atomic E-state index is 12.0. The Labute approximate surface area is 99.3 Å². The molecule has 0 aromatic carbocycles. The number of amides is 1. The minimum absolute atomic E-state index is 0.269. The second kappa shape index (κ2) is 6.20. The molecule has 102 valence electrons. The predicted molar refractivity (Wildman–Crippen MR) is 59.4 cm³/mol. The first-order valence-electron chi connectivity index (χ1n) is 5.35. The molecular formula is C10H20F3N3O. The van der Waals surface area contributed by atoms with Crippen molar-refractivity contribution < 1.29 is 18.0 Å². The molecule has 0 aromatic rings. The van der Waals surface area contributed by atoms with Crippen LogP contribution in [0, 0.1) is 0 Å². The van der Waals surface area contributed by atoms with Crippen molar-refractivity contribution >= 4 is 5.91 Å². The number of nitrogens with one attached hydrogen (secondary N) is 1. The van der Waals surface area contributed by atoms with Crippen LogP contribution in [-0.2, 0) is 4.79 Å². The van der Waals surface area contributed by atoms with Gasteiger partial charge in [-0.15, -0.1) is 0 Å². The Morgan fingerprint density at radius 2 is 1.88 bits per heavy atom. The molecule has 7 heteroatoms. The van der Waals surface area contributed by atoms with E-state index in [9.17, 15) is 18.0 Å². The van der Waals surface area contributed by atoms with Crippen LogP contribution in [0.25, 0.3) is 0 Å². The zero-order valence-electron chi connectivity index (χ0n) is 10.4. The van der Waals surface area contributed by atoms with Crippen molar-refractivity contribution in [2.45, 2.75) is 32.0 Å². The standard InChI is InChI=1S/C10H20F3N3O/c1-9(2,14)8(17)15-5-4-6-16(3)7-10(11,12)13/h4-7,14H2,1-3H3,(H,15,17). The van der Waals surface area contributed by atoms with Gasteiger partial charge < -0.3 is 11.1 Å². The summed E-state index contributed by atoms with van der Waals surface area (Å²) in [5.41, 5.74) is 4.57. The van der Waals surface area contributed by atoms with Crippen LogP contribution in [0.4, 0.5) is 13.2 Å². The van der Waals surface area contributed by atoms with E-state index in [2.05, 4.69) is 5.32 Å². The lowest BCUT2D eigenvalue weighted by atomic mass is 10.1. The molecule has 0 bridgehead atoms. The molecule has 17 heavy (non-hydrogen) atoms. The Morgan fingerprint density at radius 3 is 2.29 bits per heavy atom. The highest BCUT2D eigenvalue weighted by atomic mass is 19.4. The lowest BCUT2D eigenvalue weighted by Gasteiger charge is -2.20. The molecule has 0 aromatic heterocycles. The number of nitrogens with zero attached hydrogens (tertiary/aromatic N) is 1. The SMILES string of the molecule is CN(CCCNC(=O)C(C)(C)N)CC(F)(F)F. The maximum Gasteiger partial charge on any atom is 0.401 e. The highest BCUT2D eigenvalue weighted by Crippen LogP contribution is 2.15. The van der Waals surface area contributed by atoms with E-state index in [0.29, 0.717) is 13.0 Å². The average Bonchev–Trinajstić information content (AvgIpc) is 2.07. The molecule has 0 aliphatic carbocycles. The van der Waals surface area contributed by atoms with Crippen LogP contribution in [0.1, 0.15) is 20.3 Å². The van der Waals surface area contributed by atoms with Crippen molar-refractivity contribution in [3.63, 3.8) is 0 Å². The van der Waals surface area contributed by atoms with E-state index in [1.54, 1.807) is 13.8 Å². The Hall–Kier alpha value is -0.820. The smallest absolute Gasteiger partial charge is 0.354 e. The highest BCUT2D eigenvalue weighted by Gasteiger charge is 2.28. The Morgan fingerprint density at radius 1 is 1.35 bits per heavy atom. The minimum atomic E-state index is -4.18. The van der Waals surface area contributed by atoms with Gasteiger partial charge in [0, 0.05) is 6.54 Å². The summed E-state index contributed by atoms with van der Waals surface area (Å²) in [5.74, 6) is -0.309. The number of rotatable bonds is 6. The zero-order valence-corrected chi connectivity index (χ0v) is 10.4. The third-order valence-corrected chi connectivity index (χ3v) is 2.04. The molecule has 1 amide bonds. The maximum atomic E-state index is 12.0. The van der Waals surface area contributed by atoms with Gasteiger partial charge in [-0.2, -0.15) is 13.2 Å². The van der Waals surface area contributed by atoms with Crippen LogP contribution in [0.15, 0.2) is 0 Å². The third kappa shape index (κ3) is 8.93. The van der Waals surface area contributed by atoms with E-state index in [4.69, 9.17) is 5.73 Å². The molecule has 0 fully saturated rings.